The Morgan fingerprint density at radius 3 is 3.00 bits per heavy atom. The molecule has 0 saturated carbocycles. The predicted molar refractivity (Wildman–Crippen MR) is 54.8 cm³/mol. The topological polar surface area (TPSA) is 94.5 Å². The van der Waals surface area contributed by atoms with Crippen molar-refractivity contribution in [2.45, 2.75) is 6.54 Å². The molecule has 78 valence electrons. The van der Waals surface area contributed by atoms with Gasteiger partial charge in [-0.05, 0) is 6.07 Å². The summed E-state index contributed by atoms with van der Waals surface area (Å²) in [5.41, 5.74) is 5.43. The first-order chi connectivity index (χ1) is 7.24. The predicted octanol–water partition coefficient (Wildman–Crippen LogP) is -0.201. The van der Waals surface area contributed by atoms with Crippen LogP contribution in [0.3, 0.4) is 0 Å². The Hall–Kier alpha value is -2.18. The summed E-state index contributed by atoms with van der Waals surface area (Å²) < 4.78 is 1.64. The first-order valence-electron chi connectivity index (χ1n) is 4.41. The second-order valence-corrected chi connectivity index (χ2v) is 2.99. The molecule has 0 aliphatic rings. The zero-order chi connectivity index (χ0) is 10.7. The molecule has 0 unspecified atom stereocenters. The first kappa shape index (κ1) is 9.38. The van der Waals surface area contributed by atoms with Crippen molar-refractivity contribution in [2.75, 3.05) is 11.1 Å². The molecule has 0 atom stereocenters. The standard InChI is InChI=1S/C8H11N7/c1-15-5-12-7(14-15)4-11-6-2-3-10-8(9)13-6/h2-3,5H,4H2,1H3,(H3,9,10,11,13). The van der Waals surface area contributed by atoms with Crippen LogP contribution in [0.4, 0.5) is 11.8 Å². The van der Waals surface area contributed by atoms with Gasteiger partial charge >= 0.3 is 0 Å². The fourth-order valence-corrected chi connectivity index (χ4v) is 1.11. The Kier molecular flexibility index (Phi) is 2.44. The third kappa shape index (κ3) is 2.39. The zero-order valence-corrected chi connectivity index (χ0v) is 8.25. The Balaban J connectivity index is 1.99. The highest BCUT2D eigenvalue weighted by Crippen LogP contribution is 2.03. The maximum absolute atomic E-state index is 5.43. The molecule has 0 aromatic carbocycles. The molecule has 0 saturated heterocycles. The van der Waals surface area contributed by atoms with Gasteiger partial charge in [-0.1, -0.05) is 0 Å². The van der Waals surface area contributed by atoms with Gasteiger partial charge in [0.15, 0.2) is 5.82 Å². The highest BCUT2D eigenvalue weighted by atomic mass is 15.3. The Bertz CT molecular complexity index is 450. The average Bonchev–Trinajstić information content (AvgIpc) is 2.62. The van der Waals surface area contributed by atoms with E-state index >= 15 is 0 Å². The number of nitrogens with two attached hydrogens (primary N) is 1. The molecule has 2 rings (SSSR count). The molecule has 0 radical (unpaired) electrons. The molecule has 15 heavy (non-hydrogen) atoms. The smallest absolute Gasteiger partial charge is 0.221 e. The molecule has 0 spiro atoms. The fourth-order valence-electron chi connectivity index (χ4n) is 1.11. The summed E-state index contributed by atoms with van der Waals surface area (Å²) in [6.07, 6.45) is 3.24. The van der Waals surface area contributed by atoms with E-state index in [1.165, 1.54) is 0 Å². The van der Waals surface area contributed by atoms with E-state index in [-0.39, 0.29) is 5.95 Å². The Morgan fingerprint density at radius 2 is 2.33 bits per heavy atom. The highest BCUT2D eigenvalue weighted by Gasteiger charge is 1.99. The minimum Gasteiger partial charge on any atom is -0.368 e. The van der Waals surface area contributed by atoms with Crippen LogP contribution in [-0.2, 0) is 13.6 Å². The monoisotopic (exact) mass is 205 g/mol. The van der Waals surface area contributed by atoms with Crippen molar-refractivity contribution in [2.24, 2.45) is 7.05 Å². The van der Waals surface area contributed by atoms with Gasteiger partial charge in [-0.25, -0.2) is 9.97 Å². The van der Waals surface area contributed by atoms with E-state index in [2.05, 4.69) is 25.4 Å². The maximum Gasteiger partial charge on any atom is 0.221 e. The number of nitrogens with one attached hydrogen (secondary N) is 1. The van der Waals surface area contributed by atoms with E-state index in [9.17, 15) is 0 Å². The van der Waals surface area contributed by atoms with Gasteiger partial charge in [0.05, 0.1) is 6.54 Å². The second kappa shape index (κ2) is 3.91. The summed E-state index contributed by atoms with van der Waals surface area (Å²) >= 11 is 0. The lowest BCUT2D eigenvalue weighted by Gasteiger charge is -2.02. The average molecular weight is 205 g/mol. The molecule has 2 aromatic rings. The van der Waals surface area contributed by atoms with Crippen molar-refractivity contribution in [1.82, 2.24) is 24.7 Å². The minimum atomic E-state index is 0.244. The largest absolute Gasteiger partial charge is 0.368 e. The number of aryl methyl sites for hydroxylation is 1. The number of nitrogen functional groups attached to an aromatic ring is 1. The minimum absolute atomic E-state index is 0.244. The van der Waals surface area contributed by atoms with Crippen molar-refractivity contribution in [3.63, 3.8) is 0 Å². The molecule has 2 heterocycles. The van der Waals surface area contributed by atoms with Crippen molar-refractivity contribution in [3.05, 3.63) is 24.4 Å². The highest BCUT2D eigenvalue weighted by molar-refractivity contribution is 5.37. The van der Waals surface area contributed by atoms with Gasteiger partial charge in [-0.15, -0.1) is 0 Å². The van der Waals surface area contributed by atoms with Crippen LogP contribution >= 0.6 is 0 Å². The number of rotatable bonds is 3. The molecule has 0 amide bonds. The summed E-state index contributed by atoms with van der Waals surface area (Å²) in [6, 6.07) is 1.74. The van der Waals surface area contributed by atoms with Crippen LogP contribution in [0.2, 0.25) is 0 Å². The molecule has 2 aromatic heterocycles. The first-order valence-corrected chi connectivity index (χ1v) is 4.41. The third-order valence-electron chi connectivity index (χ3n) is 1.75. The second-order valence-electron chi connectivity index (χ2n) is 2.99. The zero-order valence-electron chi connectivity index (χ0n) is 8.25. The fraction of sp³-hybridized carbons (Fsp3) is 0.250. The van der Waals surface area contributed by atoms with Crippen LogP contribution < -0.4 is 11.1 Å². The summed E-state index contributed by atoms with van der Waals surface area (Å²) in [5.74, 6) is 1.61. The Labute approximate surface area is 86.4 Å². The van der Waals surface area contributed by atoms with Gasteiger partial charge < -0.3 is 11.1 Å². The third-order valence-corrected chi connectivity index (χ3v) is 1.75. The lowest BCUT2D eigenvalue weighted by atomic mass is 10.5. The molecular weight excluding hydrogens is 194 g/mol. The van der Waals surface area contributed by atoms with Crippen molar-refractivity contribution in [3.8, 4) is 0 Å². The van der Waals surface area contributed by atoms with Gasteiger partial charge in [-0.2, -0.15) is 10.1 Å². The van der Waals surface area contributed by atoms with Gasteiger partial charge in [0.2, 0.25) is 5.95 Å². The van der Waals surface area contributed by atoms with E-state index < -0.39 is 0 Å². The normalized spacial score (nSPS) is 10.2. The van der Waals surface area contributed by atoms with Crippen LogP contribution in [0.25, 0.3) is 0 Å². The van der Waals surface area contributed by atoms with Crippen LogP contribution in [-0.4, -0.2) is 24.7 Å². The van der Waals surface area contributed by atoms with Crippen LogP contribution in [0.15, 0.2) is 18.6 Å². The summed E-state index contributed by atoms with van der Waals surface area (Å²) in [7, 11) is 1.82. The SMILES string of the molecule is Cn1cnc(CNc2ccnc(N)n2)n1. The van der Waals surface area contributed by atoms with Gasteiger partial charge in [0, 0.05) is 13.2 Å². The molecule has 7 nitrogen and oxygen atoms in total. The molecule has 0 aliphatic heterocycles. The molecule has 7 heteroatoms. The van der Waals surface area contributed by atoms with Crippen molar-refractivity contribution in [1.29, 1.82) is 0 Å². The Morgan fingerprint density at radius 1 is 1.47 bits per heavy atom. The molecule has 3 N–H and O–H groups in total. The quantitative estimate of drug-likeness (QED) is 0.720. The number of aromatic nitrogens is 5. The number of nitrogens with zero attached hydrogens (tertiary/aromatic N) is 5. The van der Waals surface area contributed by atoms with Crippen LogP contribution in [0, 0.1) is 0 Å². The van der Waals surface area contributed by atoms with E-state index in [4.69, 9.17) is 5.73 Å². The van der Waals surface area contributed by atoms with Crippen LogP contribution in [0.5, 0.6) is 0 Å². The van der Waals surface area contributed by atoms with Gasteiger partial charge in [-0.3, -0.25) is 4.68 Å². The molecule has 0 aliphatic carbocycles. The maximum atomic E-state index is 5.43. The number of anilines is 2. The lowest BCUT2D eigenvalue weighted by molar-refractivity contribution is 0.747. The summed E-state index contributed by atoms with van der Waals surface area (Å²) in [6.45, 7) is 0.511. The van der Waals surface area contributed by atoms with E-state index in [0.29, 0.717) is 18.2 Å². The molecular formula is C8H11N7. The van der Waals surface area contributed by atoms with Gasteiger partial charge in [0.1, 0.15) is 12.1 Å². The van der Waals surface area contributed by atoms with Crippen LogP contribution in [0.1, 0.15) is 5.82 Å². The lowest BCUT2D eigenvalue weighted by Crippen LogP contribution is -2.05. The van der Waals surface area contributed by atoms with E-state index in [0.717, 1.165) is 0 Å². The molecule has 0 bridgehead atoms. The van der Waals surface area contributed by atoms with Gasteiger partial charge in [0.25, 0.3) is 0 Å². The van der Waals surface area contributed by atoms with Crippen molar-refractivity contribution >= 4 is 11.8 Å². The summed E-state index contributed by atoms with van der Waals surface area (Å²) in [4.78, 5) is 11.8. The van der Waals surface area contributed by atoms with E-state index in [1.54, 1.807) is 23.3 Å². The molecule has 0 fully saturated rings. The number of hydrogen-bond acceptors (Lipinski definition) is 6. The number of hydrogen-bond donors (Lipinski definition) is 2. The van der Waals surface area contributed by atoms with Crippen molar-refractivity contribution < 1.29 is 0 Å². The van der Waals surface area contributed by atoms with E-state index in [1.807, 2.05) is 7.05 Å². The summed E-state index contributed by atoms with van der Waals surface area (Å²) in [5, 5.41) is 7.16.